The molecule has 6 heteroatoms. The van der Waals surface area contributed by atoms with Crippen LogP contribution in [-0.4, -0.2) is 66.2 Å². The third kappa shape index (κ3) is 3.35. The van der Waals surface area contributed by atoms with Gasteiger partial charge in [0.1, 0.15) is 0 Å². The van der Waals surface area contributed by atoms with Crippen LogP contribution in [0.15, 0.2) is 0 Å². The molecule has 2 saturated heterocycles. The van der Waals surface area contributed by atoms with Gasteiger partial charge in [-0.2, -0.15) is 0 Å². The smallest absolute Gasteiger partial charge is 0.320 e. The monoisotopic (exact) mass is 255 g/mol. The van der Waals surface area contributed by atoms with Crippen molar-refractivity contribution in [3.63, 3.8) is 0 Å². The molecule has 2 N–H and O–H groups in total. The lowest BCUT2D eigenvalue weighted by Gasteiger charge is -2.37. The molecular weight excluding hydrogens is 234 g/mol. The third-order valence-corrected chi connectivity index (χ3v) is 3.64. The number of carbonyl (C=O) groups excluding carboxylic acids is 1. The first-order chi connectivity index (χ1) is 8.66. The first kappa shape index (κ1) is 13.1. The molecule has 2 amide bonds. The molecule has 0 radical (unpaired) electrons. The highest BCUT2D eigenvalue weighted by Crippen LogP contribution is 2.20. The fourth-order valence-electron chi connectivity index (χ4n) is 2.71. The Kier molecular flexibility index (Phi) is 4.41. The summed E-state index contributed by atoms with van der Waals surface area (Å²) in [7, 11) is 0. The Bertz CT molecular complexity index is 316. The van der Waals surface area contributed by atoms with Crippen molar-refractivity contribution < 1.29 is 14.7 Å². The van der Waals surface area contributed by atoms with Crippen LogP contribution in [-0.2, 0) is 4.79 Å². The van der Waals surface area contributed by atoms with E-state index in [4.69, 9.17) is 5.11 Å². The number of carboxylic acids is 1. The molecule has 2 heterocycles. The van der Waals surface area contributed by atoms with Gasteiger partial charge in [-0.05, 0) is 18.8 Å². The summed E-state index contributed by atoms with van der Waals surface area (Å²) < 4.78 is 0. The number of rotatable bonds is 2. The summed E-state index contributed by atoms with van der Waals surface area (Å²) in [5, 5.41) is 12.0. The second kappa shape index (κ2) is 6.04. The van der Waals surface area contributed by atoms with Crippen LogP contribution in [0.1, 0.15) is 19.3 Å². The van der Waals surface area contributed by atoms with E-state index in [2.05, 4.69) is 5.32 Å². The van der Waals surface area contributed by atoms with Gasteiger partial charge in [-0.15, -0.1) is 0 Å². The van der Waals surface area contributed by atoms with E-state index < -0.39 is 5.97 Å². The number of piperazine rings is 1. The van der Waals surface area contributed by atoms with Crippen molar-refractivity contribution in [3.05, 3.63) is 0 Å². The van der Waals surface area contributed by atoms with Gasteiger partial charge in [-0.1, -0.05) is 0 Å². The Labute approximate surface area is 107 Å². The summed E-state index contributed by atoms with van der Waals surface area (Å²) in [6.07, 6.45) is 2.00. The number of nitrogens with zero attached hydrogens (tertiary/aromatic N) is 2. The molecular formula is C12H21N3O3. The second-order valence-corrected chi connectivity index (χ2v) is 5.07. The molecule has 102 valence electrons. The Morgan fingerprint density at radius 1 is 1.17 bits per heavy atom. The molecule has 6 nitrogen and oxygen atoms in total. The Morgan fingerprint density at radius 2 is 1.89 bits per heavy atom. The van der Waals surface area contributed by atoms with E-state index in [-0.39, 0.29) is 18.4 Å². The molecule has 0 bridgehead atoms. The van der Waals surface area contributed by atoms with Crippen LogP contribution < -0.4 is 5.32 Å². The molecule has 2 rings (SSSR count). The highest BCUT2D eigenvalue weighted by atomic mass is 16.4. The summed E-state index contributed by atoms with van der Waals surface area (Å²) in [6, 6.07) is 0.0755. The maximum atomic E-state index is 12.3. The lowest BCUT2D eigenvalue weighted by Crippen LogP contribution is -2.53. The van der Waals surface area contributed by atoms with Crippen molar-refractivity contribution >= 4 is 12.0 Å². The molecule has 0 aromatic rings. The minimum atomic E-state index is -0.767. The largest absolute Gasteiger partial charge is 0.481 e. The maximum Gasteiger partial charge on any atom is 0.320 e. The zero-order valence-corrected chi connectivity index (χ0v) is 10.6. The number of likely N-dealkylation sites (tertiary alicyclic amines) is 1. The molecule has 2 aliphatic heterocycles. The fraction of sp³-hybridized carbons (Fsp3) is 0.833. The van der Waals surface area contributed by atoms with Gasteiger partial charge in [0.2, 0.25) is 0 Å². The van der Waals surface area contributed by atoms with Crippen molar-refractivity contribution in [2.75, 3.05) is 39.3 Å². The highest BCUT2D eigenvalue weighted by molar-refractivity contribution is 5.75. The number of urea groups is 1. The molecule has 1 atom stereocenters. The van der Waals surface area contributed by atoms with Crippen LogP contribution in [0.2, 0.25) is 0 Å². The van der Waals surface area contributed by atoms with Crippen molar-refractivity contribution in [2.24, 2.45) is 5.92 Å². The second-order valence-electron chi connectivity index (χ2n) is 5.07. The quantitative estimate of drug-likeness (QED) is 0.739. The molecule has 0 aromatic heterocycles. The number of carbonyl (C=O) groups is 2. The standard InChI is InChI=1S/C12H21N3O3/c16-11(17)8-10-2-1-5-15(9-10)12(18)14-6-3-13-4-7-14/h10,13H,1-9H2,(H,16,17). The van der Waals surface area contributed by atoms with E-state index >= 15 is 0 Å². The predicted molar refractivity (Wildman–Crippen MR) is 66.4 cm³/mol. The van der Waals surface area contributed by atoms with Gasteiger partial charge in [0, 0.05) is 45.7 Å². The summed E-state index contributed by atoms with van der Waals surface area (Å²) in [4.78, 5) is 26.7. The van der Waals surface area contributed by atoms with E-state index in [0.29, 0.717) is 6.54 Å². The van der Waals surface area contributed by atoms with Gasteiger partial charge < -0.3 is 20.2 Å². The van der Waals surface area contributed by atoms with Gasteiger partial charge in [-0.25, -0.2) is 4.79 Å². The Balaban J connectivity index is 1.87. The number of hydrogen-bond donors (Lipinski definition) is 2. The molecule has 0 saturated carbocycles. The summed E-state index contributed by atoms with van der Waals surface area (Å²) in [5.74, 6) is -0.653. The van der Waals surface area contributed by atoms with Crippen molar-refractivity contribution in [2.45, 2.75) is 19.3 Å². The predicted octanol–water partition coefficient (Wildman–Crippen LogP) is 0.198. The van der Waals surface area contributed by atoms with E-state index in [1.54, 1.807) is 0 Å². The maximum absolute atomic E-state index is 12.3. The average molecular weight is 255 g/mol. The van der Waals surface area contributed by atoms with Gasteiger partial charge >= 0.3 is 12.0 Å². The Hall–Kier alpha value is -1.30. The van der Waals surface area contributed by atoms with Crippen LogP contribution in [0.25, 0.3) is 0 Å². The molecule has 0 spiro atoms. The van der Waals surface area contributed by atoms with Gasteiger partial charge in [0.25, 0.3) is 0 Å². The normalized spacial score (nSPS) is 25.0. The van der Waals surface area contributed by atoms with Crippen molar-refractivity contribution in [3.8, 4) is 0 Å². The number of amides is 2. The molecule has 0 aromatic carbocycles. The van der Waals surface area contributed by atoms with Gasteiger partial charge in [-0.3, -0.25) is 4.79 Å². The fourth-order valence-corrected chi connectivity index (χ4v) is 2.71. The lowest BCUT2D eigenvalue weighted by molar-refractivity contribution is -0.138. The van der Waals surface area contributed by atoms with E-state index in [9.17, 15) is 9.59 Å². The zero-order chi connectivity index (χ0) is 13.0. The van der Waals surface area contributed by atoms with Crippen molar-refractivity contribution in [1.29, 1.82) is 0 Å². The number of nitrogens with one attached hydrogen (secondary N) is 1. The number of aliphatic carboxylic acids is 1. The van der Waals surface area contributed by atoms with Gasteiger partial charge in [0.15, 0.2) is 0 Å². The SMILES string of the molecule is O=C(O)CC1CCCN(C(=O)N2CCNCC2)C1. The summed E-state index contributed by atoms with van der Waals surface area (Å²) >= 11 is 0. The number of carboxylic acid groups (broad SMARTS) is 1. The Morgan fingerprint density at radius 3 is 2.56 bits per heavy atom. The summed E-state index contributed by atoms with van der Waals surface area (Å²) in [5.41, 5.74) is 0. The molecule has 2 fully saturated rings. The molecule has 1 unspecified atom stereocenters. The first-order valence-electron chi connectivity index (χ1n) is 6.63. The minimum Gasteiger partial charge on any atom is -0.481 e. The van der Waals surface area contributed by atoms with Crippen LogP contribution in [0.4, 0.5) is 4.79 Å². The molecule has 0 aliphatic carbocycles. The van der Waals surface area contributed by atoms with Crippen LogP contribution in [0.5, 0.6) is 0 Å². The summed E-state index contributed by atoms with van der Waals surface area (Å²) in [6.45, 7) is 4.54. The van der Waals surface area contributed by atoms with Crippen LogP contribution in [0.3, 0.4) is 0 Å². The molecule has 2 aliphatic rings. The average Bonchev–Trinajstić information content (AvgIpc) is 2.38. The third-order valence-electron chi connectivity index (χ3n) is 3.64. The highest BCUT2D eigenvalue weighted by Gasteiger charge is 2.28. The van der Waals surface area contributed by atoms with Crippen molar-refractivity contribution in [1.82, 2.24) is 15.1 Å². The number of piperidine rings is 1. The topological polar surface area (TPSA) is 72.9 Å². The van der Waals surface area contributed by atoms with Crippen LogP contribution in [0, 0.1) is 5.92 Å². The van der Waals surface area contributed by atoms with E-state index in [1.165, 1.54) is 0 Å². The minimum absolute atomic E-state index is 0.0755. The zero-order valence-electron chi connectivity index (χ0n) is 10.6. The molecule has 18 heavy (non-hydrogen) atoms. The first-order valence-corrected chi connectivity index (χ1v) is 6.63. The lowest BCUT2D eigenvalue weighted by atomic mass is 9.95. The van der Waals surface area contributed by atoms with E-state index in [1.807, 2.05) is 9.80 Å². The van der Waals surface area contributed by atoms with Gasteiger partial charge in [0.05, 0.1) is 0 Å². The number of hydrogen-bond acceptors (Lipinski definition) is 3. The van der Waals surface area contributed by atoms with E-state index in [0.717, 1.165) is 45.6 Å². The van der Waals surface area contributed by atoms with Crippen LogP contribution >= 0.6 is 0 Å².